The third kappa shape index (κ3) is 10.9. The summed E-state index contributed by atoms with van der Waals surface area (Å²) in [6, 6.07) is 0. The first-order valence-corrected chi connectivity index (χ1v) is 1.48. The van der Waals surface area contributed by atoms with E-state index >= 15 is 0 Å². The van der Waals surface area contributed by atoms with Crippen molar-refractivity contribution in [3.63, 3.8) is 0 Å². The first kappa shape index (κ1) is 8.95. The Hall–Kier alpha value is 1.17. The van der Waals surface area contributed by atoms with Crippen LogP contribution in [0.25, 0.3) is 0 Å². The second-order valence-corrected chi connectivity index (χ2v) is 0.982. The van der Waals surface area contributed by atoms with Crippen molar-refractivity contribution in [3.8, 4) is 0 Å². The lowest BCUT2D eigenvalue weighted by atomic mass is 11.6. The fourth-order valence-electron chi connectivity index (χ4n) is 0. The minimum absolute atomic E-state index is 0. The number of halogens is 2. The summed E-state index contributed by atoms with van der Waals surface area (Å²) >= 11 is 2.90. The van der Waals surface area contributed by atoms with E-state index in [9.17, 15) is 0 Å². The highest BCUT2D eigenvalue weighted by Crippen LogP contribution is 1.48. The first-order valence-electron chi connectivity index (χ1n) is 0.689. The lowest BCUT2D eigenvalue weighted by Crippen LogP contribution is -1.74. The summed E-state index contributed by atoms with van der Waals surface area (Å²) in [4.78, 5) is 0. The van der Waals surface area contributed by atoms with E-state index in [0.717, 1.165) is 0 Å². The van der Waals surface area contributed by atoms with Gasteiger partial charge >= 0.3 is 0 Å². The quantitative estimate of drug-likeness (QED) is 0.492. The average Bonchev–Trinajstić information content (AvgIpc) is 0.918. The number of hydrogen-bond acceptors (Lipinski definition) is 1. The van der Waals surface area contributed by atoms with Gasteiger partial charge in [0.05, 0.1) is 0 Å². The van der Waals surface area contributed by atoms with Crippen LogP contribution in [0, 0.1) is 0 Å². The summed E-state index contributed by atoms with van der Waals surface area (Å²) in [5, 5.41) is 0. The minimum Gasteiger partial charge on any atom is -0.259 e. The van der Waals surface area contributed by atoms with Crippen molar-refractivity contribution in [1.82, 2.24) is 4.34 Å². The zero-order valence-corrected chi connectivity index (χ0v) is 6.20. The zero-order valence-electron chi connectivity index (χ0n) is 2.29. The molecule has 0 spiro atoms. The van der Waals surface area contributed by atoms with E-state index < -0.39 is 0 Å². The number of hydrogen-bond donors (Lipinski definition) is 1. The van der Waals surface area contributed by atoms with Crippen LogP contribution >= 0.6 is 40.1 Å². The molecule has 0 saturated carbocycles. The van der Waals surface area contributed by atoms with Crippen molar-refractivity contribution in [2.45, 2.75) is 0 Å². The SMILES string of the molecule is CNBr.I. The highest BCUT2D eigenvalue weighted by molar-refractivity contribution is 14.0. The van der Waals surface area contributed by atoms with Crippen LogP contribution in [-0.4, -0.2) is 7.05 Å². The van der Waals surface area contributed by atoms with Crippen molar-refractivity contribution in [1.29, 1.82) is 0 Å². The standard InChI is InChI=1S/CH4BrN.HI/c1-3-2;/h3H,1H3;1H. The van der Waals surface area contributed by atoms with E-state index in [2.05, 4.69) is 20.5 Å². The Morgan fingerprint density at radius 1 is 1.75 bits per heavy atom. The van der Waals surface area contributed by atoms with Gasteiger partial charge in [0, 0.05) is 16.1 Å². The highest BCUT2D eigenvalue weighted by atomic mass is 127. The normalized spacial score (nSPS) is 4.50. The lowest BCUT2D eigenvalue weighted by molar-refractivity contribution is 1.34. The van der Waals surface area contributed by atoms with Gasteiger partial charge in [-0.15, -0.1) is 24.0 Å². The summed E-state index contributed by atoms with van der Waals surface area (Å²) < 4.78 is 2.56. The van der Waals surface area contributed by atoms with Crippen molar-refractivity contribution >= 4 is 40.1 Å². The molecule has 0 aromatic heterocycles. The Labute approximate surface area is 51.5 Å². The largest absolute Gasteiger partial charge is 0.259 e. The molecule has 0 heterocycles. The van der Waals surface area contributed by atoms with Crippen LogP contribution in [-0.2, 0) is 0 Å². The first-order chi connectivity index (χ1) is 1.41. The van der Waals surface area contributed by atoms with Crippen LogP contribution in [0.5, 0.6) is 0 Å². The Bertz CT molecular complexity index is 8.00. The van der Waals surface area contributed by atoms with E-state index in [0.29, 0.717) is 0 Å². The molecule has 3 heteroatoms. The minimum atomic E-state index is 0. The summed E-state index contributed by atoms with van der Waals surface area (Å²) in [6.45, 7) is 0. The number of rotatable bonds is 0. The third-order valence-corrected chi connectivity index (χ3v) is 0. The molecule has 0 aliphatic carbocycles. The topological polar surface area (TPSA) is 12.0 Å². The molecule has 1 nitrogen and oxygen atoms in total. The smallest absolute Gasteiger partial charge is 0.00847 e. The predicted molar refractivity (Wildman–Crippen MR) is 33.4 cm³/mol. The Balaban J connectivity index is 0. The summed E-state index contributed by atoms with van der Waals surface area (Å²) in [7, 11) is 1.79. The molecule has 0 aliphatic heterocycles. The van der Waals surface area contributed by atoms with Gasteiger partial charge in [-0.2, -0.15) is 0 Å². The second kappa shape index (κ2) is 8.90. The van der Waals surface area contributed by atoms with Gasteiger partial charge < -0.3 is 0 Å². The summed E-state index contributed by atoms with van der Waals surface area (Å²) in [6.07, 6.45) is 0. The Morgan fingerprint density at radius 3 is 1.75 bits per heavy atom. The van der Waals surface area contributed by atoms with Crippen LogP contribution < -0.4 is 4.34 Å². The molecule has 28 valence electrons. The molecule has 0 aromatic carbocycles. The average molecular weight is 238 g/mol. The molecule has 0 fully saturated rings. The van der Waals surface area contributed by atoms with Crippen LogP contribution in [0.15, 0.2) is 0 Å². The van der Waals surface area contributed by atoms with Gasteiger partial charge in [0.1, 0.15) is 0 Å². The molecule has 1 N–H and O–H groups in total. The van der Waals surface area contributed by atoms with Gasteiger partial charge in [-0.05, 0) is 7.05 Å². The summed E-state index contributed by atoms with van der Waals surface area (Å²) in [5.74, 6) is 0. The lowest BCUT2D eigenvalue weighted by Gasteiger charge is -1.55. The summed E-state index contributed by atoms with van der Waals surface area (Å²) in [5.41, 5.74) is 0. The van der Waals surface area contributed by atoms with Crippen LogP contribution in [0.3, 0.4) is 0 Å². The van der Waals surface area contributed by atoms with Crippen LogP contribution in [0.4, 0.5) is 0 Å². The van der Waals surface area contributed by atoms with E-state index in [1.807, 2.05) is 0 Å². The Morgan fingerprint density at radius 2 is 1.75 bits per heavy atom. The highest BCUT2D eigenvalue weighted by Gasteiger charge is 1.29. The van der Waals surface area contributed by atoms with Gasteiger partial charge in [-0.25, -0.2) is 0 Å². The molecule has 0 unspecified atom stereocenters. The molecular formula is CH5BrIN. The molecule has 0 atom stereocenters. The van der Waals surface area contributed by atoms with Gasteiger partial charge in [-0.3, -0.25) is 4.34 Å². The van der Waals surface area contributed by atoms with E-state index in [4.69, 9.17) is 0 Å². The molecule has 0 radical (unpaired) electrons. The number of nitrogens with one attached hydrogen (secondary N) is 1. The zero-order chi connectivity index (χ0) is 2.71. The molecule has 0 bridgehead atoms. The maximum atomic E-state index is 2.90. The van der Waals surface area contributed by atoms with Crippen molar-refractivity contribution < 1.29 is 0 Å². The maximum Gasteiger partial charge on any atom is 0.00847 e. The fourth-order valence-corrected chi connectivity index (χ4v) is 0. The monoisotopic (exact) mass is 237 g/mol. The van der Waals surface area contributed by atoms with Gasteiger partial charge in [0.25, 0.3) is 0 Å². The molecule has 0 aliphatic rings. The van der Waals surface area contributed by atoms with Crippen molar-refractivity contribution in [2.24, 2.45) is 0 Å². The van der Waals surface area contributed by atoms with Gasteiger partial charge in [0.15, 0.2) is 0 Å². The third-order valence-electron chi connectivity index (χ3n) is 0. The fraction of sp³-hybridized carbons (Fsp3) is 1.00. The van der Waals surface area contributed by atoms with Gasteiger partial charge in [0.2, 0.25) is 0 Å². The molecule has 0 saturated heterocycles. The second-order valence-electron chi connectivity index (χ2n) is 0.189. The molecule has 0 amide bonds. The maximum absolute atomic E-state index is 2.90. The van der Waals surface area contributed by atoms with E-state index in [1.165, 1.54) is 0 Å². The van der Waals surface area contributed by atoms with Crippen molar-refractivity contribution in [2.75, 3.05) is 7.05 Å². The van der Waals surface area contributed by atoms with Crippen molar-refractivity contribution in [3.05, 3.63) is 0 Å². The van der Waals surface area contributed by atoms with Crippen LogP contribution in [0.2, 0.25) is 0 Å². The molecule has 0 rings (SSSR count). The molecule has 0 aromatic rings. The Kier molecular flexibility index (Phi) is 19.9. The van der Waals surface area contributed by atoms with E-state index in [1.54, 1.807) is 7.05 Å². The van der Waals surface area contributed by atoms with Crippen LogP contribution in [0.1, 0.15) is 0 Å². The molecular weight excluding hydrogens is 233 g/mol. The molecule has 4 heavy (non-hydrogen) atoms. The van der Waals surface area contributed by atoms with E-state index in [-0.39, 0.29) is 24.0 Å². The predicted octanol–water partition coefficient (Wildman–Crippen LogP) is 1.13. The van der Waals surface area contributed by atoms with Gasteiger partial charge in [-0.1, -0.05) is 0 Å².